The van der Waals surface area contributed by atoms with Gasteiger partial charge < -0.3 is 15.0 Å². The molecule has 4 rings (SSSR count). The van der Waals surface area contributed by atoms with Gasteiger partial charge in [-0.05, 0) is 36.6 Å². The van der Waals surface area contributed by atoms with Crippen molar-refractivity contribution in [1.29, 1.82) is 0 Å². The molecule has 2 aliphatic heterocycles. The molecule has 144 valence electrons. The van der Waals surface area contributed by atoms with Crippen LogP contribution in [0.4, 0.5) is 4.79 Å². The summed E-state index contributed by atoms with van der Waals surface area (Å²) in [4.78, 5) is 21.4. The van der Waals surface area contributed by atoms with E-state index in [4.69, 9.17) is 4.74 Å². The summed E-state index contributed by atoms with van der Waals surface area (Å²) in [6, 6.07) is 6.03. The predicted molar refractivity (Wildman–Crippen MR) is 101 cm³/mol. The van der Waals surface area contributed by atoms with Crippen LogP contribution in [0.2, 0.25) is 0 Å². The number of rotatable bonds is 5. The van der Waals surface area contributed by atoms with Gasteiger partial charge >= 0.3 is 6.03 Å². The SMILES string of the molecule is O=C(NCc1ccnc(-n2cccn2)c1)N1CCCC1CN1CCOCC1. The Balaban J connectivity index is 1.32. The molecular weight excluding hydrogens is 344 g/mol. The molecule has 0 aliphatic carbocycles. The lowest BCUT2D eigenvalue weighted by atomic mass is 10.2. The van der Waals surface area contributed by atoms with Crippen LogP contribution in [0, 0.1) is 0 Å². The smallest absolute Gasteiger partial charge is 0.317 e. The fourth-order valence-corrected chi connectivity index (χ4v) is 3.75. The van der Waals surface area contributed by atoms with Gasteiger partial charge in [-0.2, -0.15) is 5.10 Å². The van der Waals surface area contributed by atoms with Gasteiger partial charge in [0, 0.05) is 57.4 Å². The Bertz CT molecular complexity index is 744. The molecule has 2 aliphatic rings. The van der Waals surface area contributed by atoms with E-state index in [1.54, 1.807) is 17.1 Å². The molecule has 1 atom stereocenters. The highest BCUT2D eigenvalue weighted by atomic mass is 16.5. The fraction of sp³-hybridized carbons (Fsp3) is 0.526. The zero-order valence-electron chi connectivity index (χ0n) is 15.5. The van der Waals surface area contributed by atoms with Crippen LogP contribution in [0.1, 0.15) is 18.4 Å². The second kappa shape index (κ2) is 8.49. The van der Waals surface area contributed by atoms with Gasteiger partial charge in [-0.25, -0.2) is 14.5 Å². The third kappa shape index (κ3) is 4.45. The largest absolute Gasteiger partial charge is 0.379 e. The number of urea groups is 1. The first-order valence-corrected chi connectivity index (χ1v) is 9.59. The van der Waals surface area contributed by atoms with Crippen LogP contribution in [0.25, 0.3) is 5.82 Å². The molecule has 8 heteroatoms. The van der Waals surface area contributed by atoms with Crippen LogP contribution >= 0.6 is 0 Å². The normalized spacial score (nSPS) is 20.7. The Morgan fingerprint density at radius 3 is 2.96 bits per heavy atom. The first kappa shape index (κ1) is 17.9. The van der Waals surface area contributed by atoms with Gasteiger partial charge in [0.25, 0.3) is 0 Å². The zero-order chi connectivity index (χ0) is 18.5. The van der Waals surface area contributed by atoms with E-state index < -0.39 is 0 Å². The minimum Gasteiger partial charge on any atom is -0.379 e. The van der Waals surface area contributed by atoms with Crippen molar-refractivity contribution in [3.8, 4) is 5.82 Å². The Labute approximate surface area is 159 Å². The highest BCUT2D eigenvalue weighted by Crippen LogP contribution is 2.19. The molecule has 27 heavy (non-hydrogen) atoms. The van der Waals surface area contributed by atoms with Crippen LogP contribution < -0.4 is 5.32 Å². The molecule has 0 saturated carbocycles. The van der Waals surface area contributed by atoms with Gasteiger partial charge in [-0.3, -0.25) is 4.90 Å². The summed E-state index contributed by atoms with van der Waals surface area (Å²) in [5.41, 5.74) is 1.01. The van der Waals surface area contributed by atoms with Crippen LogP contribution in [0.5, 0.6) is 0 Å². The van der Waals surface area contributed by atoms with Crippen LogP contribution in [0.15, 0.2) is 36.8 Å². The molecule has 1 unspecified atom stereocenters. The maximum absolute atomic E-state index is 12.7. The van der Waals surface area contributed by atoms with Crippen LogP contribution in [-0.4, -0.2) is 76.0 Å². The first-order valence-electron chi connectivity index (χ1n) is 9.59. The van der Waals surface area contributed by atoms with E-state index in [0.29, 0.717) is 12.6 Å². The average molecular weight is 370 g/mol. The maximum atomic E-state index is 12.7. The molecule has 2 saturated heterocycles. The lowest BCUT2D eigenvalue weighted by Crippen LogP contribution is -2.49. The number of carbonyl (C=O) groups is 1. The van der Waals surface area contributed by atoms with Crippen molar-refractivity contribution in [2.75, 3.05) is 39.4 Å². The molecule has 0 spiro atoms. The monoisotopic (exact) mass is 370 g/mol. The van der Waals surface area contributed by atoms with Gasteiger partial charge in [-0.1, -0.05) is 0 Å². The first-order chi connectivity index (χ1) is 13.3. The minimum absolute atomic E-state index is 0.0169. The molecule has 0 aromatic carbocycles. The number of nitrogens with zero attached hydrogens (tertiary/aromatic N) is 5. The number of nitrogens with one attached hydrogen (secondary N) is 1. The second-order valence-electron chi connectivity index (χ2n) is 7.03. The number of morpholine rings is 1. The molecule has 4 heterocycles. The quantitative estimate of drug-likeness (QED) is 0.858. The summed E-state index contributed by atoms with van der Waals surface area (Å²) in [5, 5.41) is 7.26. The predicted octanol–water partition coefficient (Wildman–Crippen LogP) is 1.27. The molecule has 2 fully saturated rings. The Morgan fingerprint density at radius 1 is 1.26 bits per heavy atom. The van der Waals surface area contributed by atoms with Crippen molar-refractivity contribution in [3.05, 3.63) is 42.4 Å². The Kier molecular flexibility index (Phi) is 5.64. The average Bonchev–Trinajstić information content (AvgIpc) is 3.39. The maximum Gasteiger partial charge on any atom is 0.317 e. The van der Waals surface area contributed by atoms with E-state index in [-0.39, 0.29) is 6.03 Å². The van der Waals surface area contributed by atoms with Gasteiger partial charge in [-0.15, -0.1) is 0 Å². The number of ether oxygens (including phenoxy) is 1. The summed E-state index contributed by atoms with van der Waals surface area (Å²) in [7, 11) is 0. The molecular formula is C19H26N6O2. The number of carbonyl (C=O) groups excluding carboxylic acids is 1. The third-order valence-corrected chi connectivity index (χ3v) is 5.20. The summed E-state index contributed by atoms with van der Waals surface area (Å²) in [6.07, 6.45) is 7.46. The summed E-state index contributed by atoms with van der Waals surface area (Å²) >= 11 is 0. The van der Waals surface area contributed by atoms with Crippen LogP contribution in [0.3, 0.4) is 0 Å². The fourth-order valence-electron chi connectivity index (χ4n) is 3.75. The van der Waals surface area contributed by atoms with Crippen molar-refractivity contribution in [2.24, 2.45) is 0 Å². The number of amides is 2. The molecule has 0 bridgehead atoms. The summed E-state index contributed by atoms with van der Waals surface area (Å²) < 4.78 is 7.13. The van der Waals surface area contributed by atoms with E-state index >= 15 is 0 Å². The van der Waals surface area contributed by atoms with Crippen LogP contribution in [-0.2, 0) is 11.3 Å². The highest BCUT2D eigenvalue weighted by Gasteiger charge is 2.30. The Hall–Kier alpha value is -2.45. The topological polar surface area (TPSA) is 75.5 Å². The van der Waals surface area contributed by atoms with Gasteiger partial charge in [0.1, 0.15) is 0 Å². The molecule has 2 aromatic rings. The van der Waals surface area contributed by atoms with Gasteiger partial charge in [0.05, 0.1) is 13.2 Å². The number of likely N-dealkylation sites (tertiary alicyclic amines) is 1. The molecule has 1 N–H and O–H groups in total. The second-order valence-corrected chi connectivity index (χ2v) is 7.03. The van der Waals surface area contributed by atoms with Crippen molar-refractivity contribution in [3.63, 3.8) is 0 Å². The lowest BCUT2D eigenvalue weighted by molar-refractivity contribution is 0.0292. The minimum atomic E-state index is 0.0169. The van der Waals surface area contributed by atoms with E-state index in [1.165, 1.54) is 0 Å². The standard InChI is InChI=1S/C19H26N6O2/c26-19(24-7-1-3-17(24)15-23-9-11-27-12-10-23)21-14-16-4-6-20-18(13-16)25-8-2-5-22-25/h2,4-6,8,13,17H,1,3,7,9-12,14-15H2,(H,21,26). The summed E-state index contributed by atoms with van der Waals surface area (Å²) in [5.74, 6) is 0.748. The molecule has 0 radical (unpaired) electrons. The van der Waals surface area contributed by atoms with Crippen molar-refractivity contribution >= 4 is 6.03 Å². The highest BCUT2D eigenvalue weighted by molar-refractivity contribution is 5.74. The lowest BCUT2D eigenvalue weighted by Gasteiger charge is -2.33. The summed E-state index contributed by atoms with van der Waals surface area (Å²) in [6.45, 7) is 5.75. The number of hydrogen-bond acceptors (Lipinski definition) is 5. The number of hydrogen-bond donors (Lipinski definition) is 1. The van der Waals surface area contributed by atoms with E-state index in [0.717, 1.165) is 63.6 Å². The molecule has 2 amide bonds. The van der Waals surface area contributed by atoms with Gasteiger partial charge in [0.2, 0.25) is 0 Å². The molecule has 2 aromatic heterocycles. The van der Waals surface area contributed by atoms with E-state index in [2.05, 4.69) is 20.3 Å². The van der Waals surface area contributed by atoms with E-state index in [9.17, 15) is 4.79 Å². The molecule has 8 nitrogen and oxygen atoms in total. The van der Waals surface area contributed by atoms with Crippen molar-refractivity contribution in [1.82, 2.24) is 29.9 Å². The van der Waals surface area contributed by atoms with Gasteiger partial charge in [0.15, 0.2) is 5.82 Å². The number of aromatic nitrogens is 3. The van der Waals surface area contributed by atoms with E-state index in [1.807, 2.05) is 29.3 Å². The zero-order valence-corrected chi connectivity index (χ0v) is 15.5. The van der Waals surface area contributed by atoms with Crippen molar-refractivity contribution in [2.45, 2.75) is 25.4 Å². The van der Waals surface area contributed by atoms with Crippen molar-refractivity contribution < 1.29 is 9.53 Å². The Morgan fingerprint density at radius 2 is 2.15 bits per heavy atom. The third-order valence-electron chi connectivity index (χ3n) is 5.20. The number of pyridine rings is 1.